The van der Waals surface area contributed by atoms with Gasteiger partial charge in [-0.3, -0.25) is 9.36 Å². The zero-order valence-corrected chi connectivity index (χ0v) is 17.4. The van der Waals surface area contributed by atoms with Crippen LogP contribution in [-0.2, 0) is 11.8 Å². The van der Waals surface area contributed by atoms with Crippen LogP contribution >= 0.6 is 35.0 Å². The third-order valence-corrected chi connectivity index (χ3v) is 6.05. The van der Waals surface area contributed by atoms with Crippen LogP contribution in [0.15, 0.2) is 29.1 Å². The van der Waals surface area contributed by atoms with Gasteiger partial charge in [-0.25, -0.2) is 9.48 Å². The molecule has 1 aromatic carbocycles. The predicted octanol–water partition coefficient (Wildman–Crippen LogP) is 4.99. The molecule has 0 radical (unpaired) electrons. The quantitative estimate of drug-likeness (QED) is 0.639. The van der Waals surface area contributed by atoms with Gasteiger partial charge in [0.05, 0.1) is 21.0 Å². The summed E-state index contributed by atoms with van der Waals surface area (Å²) in [5.74, 6) is 0. The predicted molar refractivity (Wildman–Crippen MR) is 110 cm³/mol. The average molecular weight is 426 g/mol. The second-order valence-corrected chi connectivity index (χ2v) is 8.88. The highest BCUT2D eigenvalue weighted by atomic mass is 35.5. The Morgan fingerprint density at radius 2 is 1.89 bits per heavy atom. The van der Waals surface area contributed by atoms with Gasteiger partial charge in [0.2, 0.25) is 0 Å². The number of fused-ring (bicyclic) bond motifs is 1. The fourth-order valence-corrected chi connectivity index (χ4v) is 4.64. The molecular formula is C18H17Cl2N3O3S. The van der Waals surface area contributed by atoms with Gasteiger partial charge >= 0.3 is 5.30 Å². The maximum atomic E-state index is 13.1. The SMILES string of the molecule is Cc1nn(C)c(=O)c(-n2c(Cl)c(Cl)c3ccccc32)c1C(C)(C)SC(=O)O. The number of para-hydroxylation sites is 1. The summed E-state index contributed by atoms with van der Waals surface area (Å²) in [5, 5.41) is 13.8. The van der Waals surface area contributed by atoms with E-state index in [4.69, 9.17) is 23.2 Å². The lowest BCUT2D eigenvalue weighted by Crippen LogP contribution is -2.32. The Morgan fingerprint density at radius 3 is 2.52 bits per heavy atom. The largest absolute Gasteiger partial charge is 0.473 e. The van der Waals surface area contributed by atoms with Gasteiger partial charge < -0.3 is 5.11 Å². The molecule has 3 aromatic rings. The van der Waals surface area contributed by atoms with Gasteiger partial charge in [0, 0.05) is 18.0 Å². The number of benzene rings is 1. The topological polar surface area (TPSA) is 77.1 Å². The van der Waals surface area contributed by atoms with Crippen LogP contribution in [0.25, 0.3) is 16.6 Å². The van der Waals surface area contributed by atoms with E-state index in [9.17, 15) is 14.7 Å². The van der Waals surface area contributed by atoms with Crippen molar-refractivity contribution in [2.75, 3.05) is 0 Å². The van der Waals surface area contributed by atoms with Crippen LogP contribution in [0.2, 0.25) is 10.2 Å². The van der Waals surface area contributed by atoms with Crippen molar-refractivity contribution < 1.29 is 9.90 Å². The van der Waals surface area contributed by atoms with Gasteiger partial charge in [-0.1, -0.05) is 41.4 Å². The zero-order chi connectivity index (χ0) is 20.1. The average Bonchev–Trinajstić information content (AvgIpc) is 2.81. The van der Waals surface area contributed by atoms with Gasteiger partial charge in [-0.2, -0.15) is 5.10 Å². The summed E-state index contributed by atoms with van der Waals surface area (Å²) < 4.78 is 1.86. The molecule has 0 fully saturated rings. The summed E-state index contributed by atoms with van der Waals surface area (Å²) in [6.45, 7) is 5.21. The Hall–Kier alpha value is -1.96. The highest BCUT2D eigenvalue weighted by molar-refractivity contribution is 8.13. The number of aromatic nitrogens is 3. The molecule has 142 valence electrons. The van der Waals surface area contributed by atoms with Gasteiger partial charge in [-0.15, -0.1) is 0 Å². The van der Waals surface area contributed by atoms with Crippen LogP contribution < -0.4 is 5.56 Å². The Kier molecular flexibility index (Phi) is 5.05. The number of hydrogen-bond acceptors (Lipinski definition) is 4. The molecule has 0 unspecified atom stereocenters. The van der Waals surface area contributed by atoms with Crippen molar-refractivity contribution >= 4 is 51.2 Å². The number of hydrogen-bond donors (Lipinski definition) is 1. The molecule has 27 heavy (non-hydrogen) atoms. The van der Waals surface area contributed by atoms with Crippen LogP contribution in [0.1, 0.15) is 25.1 Å². The molecule has 0 aliphatic heterocycles. The lowest BCUT2D eigenvalue weighted by atomic mass is 9.99. The summed E-state index contributed by atoms with van der Waals surface area (Å²) >= 11 is 13.6. The van der Waals surface area contributed by atoms with Crippen LogP contribution in [0.4, 0.5) is 4.79 Å². The monoisotopic (exact) mass is 425 g/mol. The van der Waals surface area contributed by atoms with Crippen molar-refractivity contribution in [3.05, 3.63) is 56.1 Å². The van der Waals surface area contributed by atoms with E-state index in [2.05, 4.69) is 5.10 Å². The van der Waals surface area contributed by atoms with Gasteiger partial charge in [-0.05, 0) is 38.6 Å². The van der Waals surface area contributed by atoms with E-state index in [1.54, 1.807) is 32.4 Å². The molecule has 0 spiro atoms. The number of rotatable bonds is 3. The Morgan fingerprint density at radius 1 is 1.26 bits per heavy atom. The standard InChI is InChI=1S/C18H17Cl2N3O3S/c1-9-12(18(2,3)27-17(25)26)14(16(24)22(4)21-9)23-11-8-6-5-7-10(11)13(19)15(23)20/h5-8H,1-4H3,(H,25,26). The molecule has 0 aliphatic rings. The fourth-order valence-electron chi connectivity index (χ4n) is 3.34. The molecule has 0 atom stereocenters. The maximum absolute atomic E-state index is 13.1. The lowest BCUT2D eigenvalue weighted by molar-refractivity contribution is 0.222. The Balaban J connectivity index is 2.50. The van der Waals surface area contributed by atoms with Crippen LogP contribution in [0.3, 0.4) is 0 Å². The Labute approximate surface area is 169 Å². The van der Waals surface area contributed by atoms with Gasteiger partial charge in [0.25, 0.3) is 5.56 Å². The van der Waals surface area contributed by atoms with Crippen LogP contribution in [0, 0.1) is 6.92 Å². The van der Waals surface area contributed by atoms with E-state index >= 15 is 0 Å². The molecule has 0 saturated carbocycles. The smallest absolute Gasteiger partial charge is 0.365 e. The summed E-state index contributed by atoms with van der Waals surface area (Å²) in [7, 11) is 1.54. The van der Waals surface area contributed by atoms with Crippen molar-refractivity contribution in [3.63, 3.8) is 0 Å². The second-order valence-electron chi connectivity index (χ2n) is 6.57. The van der Waals surface area contributed by atoms with E-state index in [1.165, 1.54) is 4.68 Å². The first-order valence-electron chi connectivity index (χ1n) is 8.01. The van der Waals surface area contributed by atoms with Crippen molar-refractivity contribution in [1.29, 1.82) is 0 Å². The molecule has 1 N–H and O–H groups in total. The molecule has 2 heterocycles. The normalized spacial score (nSPS) is 11.9. The number of carboxylic acid groups (broad SMARTS) is 1. The molecule has 6 nitrogen and oxygen atoms in total. The van der Waals surface area contributed by atoms with Crippen LogP contribution in [-0.4, -0.2) is 24.8 Å². The van der Waals surface area contributed by atoms with E-state index in [0.29, 0.717) is 38.9 Å². The molecule has 9 heteroatoms. The number of carbonyl (C=O) groups is 1. The number of thioether (sulfide) groups is 1. The first kappa shape index (κ1) is 19.8. The van der Waals surface area contributed by atoms with Gasteiger partial charge in [0.15, 0.2) is 0 Å². The van der Waals surface area contributed by atoms with Crippen molar-refractivity contribution in [2.24, 2.45) is 7.05 Å². The molecule has 0 amide bonds. The summed E-state index contributed by atoms with van der Waals surface area (Å²) in [6, 6.07) is 7.27. The summed E-state index contributed by atoms with van der Waals surface area (Å²) in [4.78, 5) is 24.5. The fraction of sp³-hybridized carbons (Fsp3) is 0.278. The van der Waals surface area contributed by atoms with Crippen molar-refractivity contribution in [2.45, 2.75) is 25.5 Å². The van der Waals surface area contributed by atoms with Crippen LogP contribution in [0.5, 0.6) is 0 Å². The lowest BCUT2D eigenvalue weighted by Gasteiger charge is -2.27. The molecule has 3 rings (SSSR count). The maximum Gasteiger partial charge on any atom is 0.365 e. The van der Waals surface area contributed by atoms with Crippen molar-refractivity contribution in [3.8, 4) is 5.69 Å². The third-order valence-electron chi connectivity index (χ3n) is 4.32. The third kappa shape index (κ3) is 3.24. The molecule has 0 bridgehead atoms. The Bertz CT molecular complexity index is 1140. The van der Waals surface area contributed by atoms with E-state index in [1.807, 2.05) is 24.3 Å². The van der Waals surface area contributed by atoms with E-state index in [-0.39, 0.29) is 10.8 Å². The number of aryl methyl sites for hydroxylation is 2. The zero-order valence-electron chi connectivity index (χ0n) is 15.1. The first-order valence-corrected chi connectivity index (χ1v) is 9.58. The number of halogens is 2. The highest BCUT2D eigenvalue weighted by Gasteiger charge is 2.34. The second kappa shape index (κ2) is 6.89. The van der Waals surface area contributed by atoms with Crippen molar-refractivity contribution in [1.82, 2.24) is 14.3 Å². The van der Waals surface area contributed by atoms with Gasteiger partial charge in [0.1, 0.15) is 10.8 Å². The molecule has 0 saturated heterocycles. The molecule has 2 aromatic heterocycles. The summed E-state index contributed by atoms with van der Waals surface area (Å²) in [6.07, 6.45) is 0. The molecule has 0 aliphatic carbocycles. The minimum atomic E-state index is -1.05. The first-order chi connectivity index (χ1) is 12.6. The van der Waals surface area contributed by atoms with E-state index < -0.39 is 15.6 Å². The molecular weight excluding hydrogens is 409 g/mol. The summed E-state index contributed by atoms with van der Waals surface area (Å²) in [5.41, 5.74) is 1.55. The van der Waals surface area contributed by atoms with E-state index in [0.717, 1.165) is 0 Å². The highest BCUT2D eigenvalue weighted by Crippen LogP contribution is 2.43. The minimum Gasteiger partial charge on any atom is -0.473 e. The number of nitrogens with zero attached hydrogens (tertiary/aromatic N) is 3. The minimum absolute atomic E-state index is 0.193.